The van der Waals surface area contributed by atoms with Crippen molar-refractivity contribution in [2.45, 2.75) is 10.6 Å². The number of benzene rings is 2. The van der Waals surface area contributed by atoms with Gasteiger partial charge >= 0.3 is 7.60 Å². The van der Waals surface area contributed by atoms with Crippen molar-refractivity contribution in [1.29, 1.82) is 5.26 Å². The number of hydrogen-bond donors (Lipinski definition) is 2. The monoisotopic (exact) mass is 683 g/mol. The highest BCUT2D eigenvalue weighted by Gasteiger charge is 2.48. The largest absolute Gasteiger partial charge is 0.488 e. The van der Waals surface area contributed by atoms with E-state index in [1.54, 1.807) is 12.1 Å². The molecule has 0 radical (unpaired) electrons. The molecule has 0 amide bonds. The predicted molar refractivity (Wildman–Crippen MR) is 162 cm³/mol. The minimum Gasteiger partial charge on any atom is -0.488 e. The number of nitrogens with zero attached hydrogens (tertiary/aromatic N) is 6. The summed E-state index contributed by atoms with van der Waals surface area (Å²) in [6.07, 6.45) is -0.153. The zero-order valence-electron chi connectivity index (χ0n) is 24.1. The van der Waals surface area contributed by atoms with Gasteiger partial charge in [0.2, 0.25) is 0 Å². The highest BCUT2D eigenvalue weighted by atomic mass is 32.2. The van der Waals surface area contributed by atoms with Crippen molar-refractivity contribution < 1.29 is 44.9 Å². The van der Waals surface area contributed by atoms with Gasteiger partial charge in [0.15, 0.2) is 0 Å². The molecule has 1 atom stereocenters. The Bertz CT molecular complexity index is 1820. The maximum atomic E-state index is 15.0. The summed E-state index contributed by atoms with van der Waals surface area (Å²) in [4.78, 5) is 13.0. The zero-order valence-corrected chi connectivity index (χ0v) is 26.7. The summed E-state index contributed by atoms with van der Waals surface area (Å²) in [6.45, 7) is 8.91. The standard InChI is InChI=1S/C27H31F2N7O6PS2/c28-24-14-21(3-2-20(24)18-30)42-43(37,38)19-33-45(39,40)27-17-23-25(29)15-22(16-26(23)44-27)41-13-12-36-9-6-35(7-10-36,8-11-36)5-1-4-32-34-31/h2-3,14-17,33H,1,4-13,19H2/q+1/p+1. The van der Waals surface area contributed by atoms with Crippen molar-refractivity contribution >= 4 is 39.0 Å². The normalized spacial score (nSPS) is 22.4. The molecule has 13 nitrogen and oxygen atoms in total. The maximum absolute atomic E-state index is 15.0. The lowest BCUT2D eigenvalue weighted by molar-refractivity contribution is -1.08. The van der Waals surface area contributed by atoms with Crippen LogP contribution < -0.4 is 14.0 Å². The molecule has 6 rings (SSSR count). The second-order valence-electron chi connectivity index (χ2n) is 11.3. The van der Waals surface area contributed by atoms with Crippen LogP contribution in [0.25, 0.3) is 20.5 Å². The van der Waals surface area contributed by atoms with Gasteiger partial charge in [-0.05, 0) is 29.8 Å². The van der Waals surface area contributed by atoms with Crippen LogP contribution in [0.1, 0.15) is 12.0 Å². The molecule has 2 N–H and O–H groups in total. The van der Waals surface area contributed by atoms with Crippen molar-refractivity contribution in [3.05, 3.63) is 64.0 Å². The summed E-state index contributed by atoms with van der Waals surface area (Å²) in [5.74, 6) is -1.71. The van der Waals surface area contributed by atoms with E-state index in [0.717, 1.165) is 103 Å². The molecule has 3 aliphatic rings. The van der Waals surface area contributed by atoms with E-state index in [1.807, 2.05) is 4.72 Å². The van der Waals surface area contributed by atoms with E-state index in [-0.39, 0.29) is 26.7 Å². The third-order valence-corrected chi connectivity index (χ3v) is 12.7. The number of sulfonamides is 1. The summed E-state index contributed by atoms with van der Waals surface area (Å²) in [5, 5.41) is 12.5. The molecular formula is C27H32F2N7O6PS2+2. The summed E-state index contributed by atoms with van der Waals surface area (Å²) < 4.78 is 81.9. The molecule has 1 aromatic heterocycles. The summed E-state index contributed by atoms with van der Waals surface area (Å²) in [6, 6.07) is 8.44. The second kappa shape index (κ2) is 13.2. The Morgan fingerprint density at radius 1 is 1.07 bits per heavy atom. The van der Waals surface area contributed by atoms with E-state index in [0.29, 0.717) is 17.9 Å². The number of piperazine rings is 3. The van der Waals surface area contributed by atoms with E-state index in [9.17, 15) is 26.7 Å². The van der Waals surface area contributed by atoms with Gasteiger partial charge in [0.05, 0.1) is 12.1 Å². The molecule has 3 fully saturated rings. The van der Waals surface area contributed by atoms with Crippen LogP contribution in [0.4, 0.5) is 8.78 Å². The van der Waals surface area contributed by atoms with E-state index in [2.05, 4.69) is 10.0 Å². The molecule has 0 spiro atoms. The van der Waals surface area contributed by atoms with Gasteiger partial charge < -0.3 is 23.1 Å². The molecule has 2 aromatic carbocycles. The lowest BCUT2D eigenvalue weighted by Crippen LogP contribution is -2.75. The first-order chi connectivity index (χ1) is 21.4. The SMILES string of the molecule is N#Cc1ccc(OP(=O)(O)CNS(=O)(=O)c2cc3c(F)cc(OCC[N+]45CC[N+](CCCN=[N+]=[N-])(CC4)CC5)cc3s2)cc1F. The smallest absolute Gasteiger partial charge is 0.391 e. The Balaban J connectivity index is 1.17. The molecule has 1 unspecified atom stereocenters. The number of fused-ring (bicyclic) bond motifs is 4. The second-order valence-corrected chi connectivity index (χ2v) is 16.2. The fourth-order valence-electron chi connectivity index (χ4n) is 5.84. The Morgan fingerprint density at radius 2 is 1.73 bits per heavy atom. The van der Waals surface area contributed by atoms with Gasteiger partial charge in [-0.15, -0.1) is 11.3 Å². The van der Waals surface area contributed by atoms with Crippen LogP contribution in [0.5, 0.6) is 11.5 Å². The average molecular weight is 684 g/mol. The molecule has 0 aliphatic carbocycles. The molecule has 3 saturated heterocycles. The number of nitrogens with one attached hydrogen (secondary N) is 1. The van der Waals surface area contributed by atoms with Crippen molar-refractivity contribution in [2.75, 3.05) is 71.8 Å². The van der Waals surface area contributed by atoms with Crippen LogP contribution in [-0.2, 0) is 14.6 Å². The molecule has 45 heavy (non-hydrogen) atoms. The van der Waals surface area contributed by atoms with Gasteiger partial charge in [-0.2, -0.15) is 9.98 Å². The highest BCUT2D eigenvalue weighted by molar-refractivity contribution is 7.92. The van der Waals surface area contributed by atoms with Gasteiger partial charge in [-0.1, -0.05) is 5.11 Å². The number of azide groups is 1. The van der Waals surface area contributed by atoms with E-state index in [1.165, 1.54) is 6.07 Å². The number of quaternary nitrogens is 2. The molecule has 3 aliphatic heterocycles. The quantitative estimate of drug-likeness (QED) is 0.0637. The molecule has 18 heteroatoms. The van der Waals surface area contributed by atoms with Crippen LogP contribution >= 0.6 is 18.9 Å². The topological polar surface area (TPSA) is 174 Å². The number of thiophene rings is 1. The zero-order chi connectivity index (χ0) is 32.3. The molecule has 240 valence electrons. The Hall–Kier alpha value is -3.32. The van der Waals surface area contributed by atoms with Crippen LogP contribution in [0, 0.1) is 23.0 Å². The van der Waals surface area contributed by atoms with Crippen molar-refractivity contribution in [3.8, 4) is 17.6 Å². The molecule has 2 bridgehead atoms. The Kier molecular flexibility index (Phi) is 9.69. The first-order valence-corrected chi connectivity index (χ1v) is 18.2. The average Bonchev–Trinajstić information content (AvgIpc) is 3.46. The minimum absolute atomic E-state index is 0.0627. The van der Waals surface area contributed by atoms with Gasteiger partial charge in [0.1, 0.15) is 92.1 Å². The van der Waals surface area contributed by atoms with Crippen molar-refractivity contribution in [2.24, 2.45) is 5.11 Å². The molecule has 3 aromatic rings. The molecular weight excluding hydrogens is 651 g/mol. The summed E-state index contributed by atoms with van der Waals surface area (Å²) in [7, 11) is -8.96. The third-order valence-electron chi connectivity index (χ3n) is 8.50. The van der Waals surface area contributed by atoms with Gasteiger partial charge in [0, 0.05) is 40.1 Å². The maximum Gasteiger partial charge on any atom is 0.391 e. The van der Waals surface area contributed by atoms with E-state index < -0.39 is 35.5 Å². The van der Waals surface area contributed by atoms with Crippen LogP contribution in [0.15, 0.2) is 45.7 Å². The van der Waals surface area contributed by atoms with Crippen LogP contribution in [0.3, 0.4) is 0 Å². The Morgan fingerprint density at radius 3 is 2.38 bits per heavy atom. The lowest BCUT2D eigenvalue weighted by atomic mass is 10.1. The first-order valence-electron chi connectivity index (χ1n) is 14.1. The Labute approximate surface area is 262 Å². The minimum atomic E-state index is -4.62. The molecule has 0 saturated carbocycles. The predicted octanol–water partition coefficient (Wildman–Crippen LogP) is 4.29. The lowest BCUT2D eigenvalue weighted by Gasteiger charge is -2.55. The first kappa shape index (κ1) is 33.1. The van der Waals surface area contributed by atoms with Crippen LogP contribution in [0.2, 0.25) is 0 Å². The number of ether oxygens (including phenoxy) is 1. The fourth-order valence-corrected chi connectivity index (χ4v) is 9.81. The van der Waals surface area contributed by atoms with Crippen molar-refractivity contribution in [3.63, 3.8) is 0 Å². The summed E-state index contributed by atoms with van der Waals surface area (Å²) in [5.41, 5.74) is 8.20. The summed E-state index contributed by atoms with van der Waals surface area (Å²) >= 11 is 0.779. The van der Waals surface area contributed by atoms with Crippen LogP contribution in [-0.4, -0.2) is 94.1 Å². The number of nitriles is 1. The fraction of sp³-hybridized carbons (Fsp3) is 0.444. The van der Waals surface area contributed by atoms with Crippen molar-refractivity contribution in [1.82, 2.24) is 4.72 Å². The van der Waals surface area contributed by atoms with Gasteiger partial charge in [0.25, 0.3) is 10.0 Å². The number of hydrogen-bond acceptors (Lipinski definition) is 8. The van der Waals surface area contributed by atoms with E-state index >= 15 is 0 Å². The van der Waals surface area contributed by atoms with Gasteiger partial charge in [-0.3, -0.25) is 0 Å². The van der Waals surface area contributed by atoms with Gasteiger partial charge in [-0.25, -0.2) is 21.8 Å². The highest BCUT2D eigenvalue weighted by Crippen LogP contribution is 2.42. The van der Waals surface area contributed by atoms with E-state index in [4.69, 9.17) is 20.1 Å². The number of rotatable bonds is 14. The molecule has 4 heterocycles. The number of halogens is 2. The third kappa shape index (κ3) is 7.74.